The highest BCUT2D eigenvalue weighted by Crippen LogP contribution is 2.13. The lowest BCUT2D eigenvalue weighted by molar-refractivity contribution is 0.0697. The SMILES string of the molecule is O=C(O)c1ccc2c(c1)nnn2CCCl. The fourth-order valence-corrected chi connectivity index (χ4v) is 1.51. The Hall–Kier alpha value is -1.62. The number of carbonyl (C=O) groups is 1. The van der Waals surface area contributed by atoms with Gasteiger partial charge < -0.3 is 5.11 Å². The van der Waals surface area contributed by atoms with E-state index in [9.17, 15) is 4.79 Å². The summed E-state index contributed by atoms with van der Waals surface area (Å²) in [5.41, 5.74) is 1.57. The maximum Gasteiger partial charge on any atom is 0.335 e. The molecule has 0 atom stereocenters. The molecule has 1 aromatic carbocycles. The van der Waals surface area contributed by atoms with Gasteiger partial charge in [-0.25, -0.2) is 9.48 Å². The Morgan fingerprint density at radius 2 is 2.33 bits per heavy atom. The molecule has 2 aromatic rings. The van der Waals surface area contributed by atoms with Crippen molar-refractivity contribution >= 4 is 28.6 Å². The Morgan fingerprint density at radius 1 is 1.53 bits per heavy atom. The smallest absolute Gasteiger partial charge is 0.335 e. The van der Waals surface area contributed by atoms with Crippen molar-refractivity contribution in [2.75, 3.05) is 5.88 Å². The number of carboxylic acid groups (broad SMARTS) is 1. The number of alkyl halides is 1. The van der Waals surface area contributed by atoms with Gasteiger partial charge in [0.25, 0.3) is 0 Å². The molecule has 15 heavy (non-hydrogen) atoms. The summed E-state index contributed by atoms with van der Waals surface area (Å²) in [6.45, 7) is 0.560. The number of carboxylic acids is 1. The van der Waals surface area contributed by atoms with Crippen molar-refractivity contribution < 1.29 is 9.90 Å². The van der Waals surface area contributed by atoms with Crippen molar-refractivity contribution in [3.05, 3.63) is 23.8 Å². The van der Waals surface area contributed by atoms with Crippen LogP contribution >= 0.6 is 11.6 Å². The third kappa shape index (κ3) is 1.78. The third-order valence-corrected chi connectivity index (χ3v) is 2.23. The van der Waals surface area contributed by atoms with Gasteiger partial charge in [-0.15, -0.1) is 16.7 Å². The number of benzene rings is 1. The number of fused-ring (bicyclic) bond motifs is 1. The molecule has 0 fully saturated rings. The zero-order chi connectivity index (χ0) is 10.8. The van der Waals surface area contributed by atoms with Crippen LogP contribution in [0.5, 0.6) is 0 Å². The quantitative estimate of drug-likeness (QED) is 0.801. The van der Waals surface area contributed by atoms with E-state index in [2.05, 4.69) is 10.3 Å². The predicted octanol–water partition coefficient (Wildman–Crippen LogP) is 1.37. The zero-order valence-electron chi connectivity index (χ0n) is 7.72. The molecule has 1 N–H and O–H groups in total. The molecular weight excluding hydrogens is 218 g/mol. The van der Waals surface area contributed by atoms with Gasteiger partial charge in [0.05, 0.1) is 17.6 Å². The summed E-state index contributed by atoms with van der Waals surface area (Å²) in [7, 11) is 0. The van der Waals surface area contributed by atoms with Crippen molar-refractivity contribution in [1.29, 1.82) is 0 Å². The minimum Gasteiger partial charge on any atom is -0.478 e. The van der Waals surface area contributed by atoms with Crippen LogP contribution in [0.3, 0.4) is 0 Å². The van der Waals surface area contributed by atoms with Crippen LogP contribution in [0.25, 0.3) is 11.0 Å². The van der Waals surface area contributed by atoms with Crippen molar-refractivity contribution in [2.24, 2.45) is 0 Å². The van der Waals surface area contributed by atoms with E-state index < -0.39 is 5.97 Å². The molecule has 0 bridgehead atoms. The zero-order valence-corrected chi connectivity index (χ0v) is 8.48. The molecule has 0 radical (unpaired) electrons. The third-order valence-electron chi connectivity index (χ3n) is 2.06. The van der Waals surface area contributed by atoms with Crippen LogP contribution in [0.1, 0.15) is 10.4 Å². The molecule has 2 rings (SSSR count). The Bertz CT molecular complexity index is 509. The van der Waals surface area contributed by atoms with Gasteiger partial charge in [0, 0.05) is 5.88 Å². The van der Waals surface area contributed by atoms with Crippen LogP contribution in [-0.2, 0) is 6.54 Å². The summed E-state index contributed by atoms with van der Waals surface area (Å²) in [5, 5.41) is 16.5. The first-order chi connectivity index (χ1) is 7.22. The molecule has 0 spiro atoms. The molecule has 5 nitrogen and oxygen atoms in total. The lowest BCUT2D eigenvalue weighted by atomic mass is 10.2. The summed E-state index contributed by atoms with van der Waals surface area (Å²) >= 11 is 5.59. The monoisotopic (exact) mass is 225 g/mol. The van der Waals surface area contributed by atoms with E-state index in [1.54, 1.807) is 10.7 Å². The van der Waals surface area contributed by atoms with Crippen molar-refractivity contribution in [2.45, 2.75) is 6.54 Å². The van der Waals surface area contributed by atoms with Gasteiger partial charge in [-0.1, -0.05) is 5.21 Å². The molecule has 78 valence electrons. The second-order valence-corrected chi connectivity index (χ2v) is 3.39. The average molecular weight is 226 g/mol. The number of rotatable bonds is 3. The second-order valence-electron chi connectivity index (χ2n) is 3.01. The Labute approximate surface area is 90.3 Å². The maximum atomic E-state index is 10.7. The highest BCUT2D eigenvalue weighted by molar-refractivity contribution is 6.17. The Balaban J connectivity index is 2.51. The van der Waals surface area contributed by atoms with E-state index in [1.165, 1.54) is 12.1 Å². The first-order valence-corrected chi connectivity index (χ1v) is 4.88. The van der Waals surface area contributed by atoms with Crippen molar-refractivity contribution in [3.63, 3.8) is 0 Å². The molecule has 1 aromatic heterocycles. The van der Waals surface area contributed by atoms with Crippen LogP contribution in [0.15, 0.2) is 18.2 Å². The van der Waals surface area contributed by atoms with Crippen LogP contribution in [0.4, 0.5) is 0 Å². The molecule has 0 aliphatic rings. The number of aryl methyl sites for hydroxylation is 1. The molecule has 0 saturated heterocycles. The van der Waals surface area contributed by atoms with E-state index in [4.69, 9.17) is 16.7 Å². The normalized spacial score (nSPS) is 10.7. The van der Waals surface area contributed by atoms with E-state index in [0.717, 1.165) is 5.52 Å². The summed E-state index contributed by atoms with van der Waals surface area (Å²) < 4.78 is 1.65. The van der Waals surface area contributed by atoms with E-state index in [-0.39, 0.29) is 5.56 Å². The van der Waals surface area contributed by atoms with E-state index in [1.807, 2.05) is 0 Å². The molecule has 0 aliphatic heterocycles. The maximum absolute atomic E-state index is 10.7. The largest absolute Gasteiger partial charge is 0.478 e. The number of hydrogen-bond donors (Lipinski definition) is 1. The van der Waals surface area contributed by atoms with E-state index >= 15 is 0 Å². The highest BCUT2D eigenvalue weighted by atomic mass is 35.5. The fraction of sp³-hybridized carbons (Fsp3) is 0.222. The number of aromatic carboxylic acids is 1. The summed E-state index contributed by atoms with van der Waals surface area (Å²) in [6.07, 6.45) is 0. The number of nitrogens with zero attached hydrogens (tertiary/aromatic N) is 3. The second kappa shape index (κ2) is 3.86. The summed E-state index contributed by atoms with van der Waals surface area (Å²) in [4.78, 5) is 10.7. The topological polar surface area (TPSA) is 68.0 Å². The molecule has 0 saturated carbocycles. The minimum atomic E-state index is -0.969. The van der Waals surface area contributed by atoms with Gasteiger partial charge in [-0.05, 0) is 18.2 Å². The van der Waals surface area contributed by atoms with Gasteiger partial charge in [0.15, 0.2) is 0 Å². The highest BCUT2D eigenvalue weighted by Gasteiger charge is 2.08. The van der Waals surface area contributed by atoms with Crippen LogP contribution in [0.2, 0.25) is 0 Å². The van der Waals surface area contributed by atoms with Crippen LogP contribution < -0.4 is 0 Å². The Morgan fingerprint density at radius 3 is 3.00 bits per heavy atom. The van der Waals surface area contributed by atoms with Gasteiger partial charge in [0.2, 0.25) is 0 Å². The van der Waals surface area contributed by atoms with Crippen LogP contribution in [-0.4, -0.2) is 31.9 Å². The number of halogens is 1. The first-order valence-electron chi connectivity index (χ1n) is 4.35. The van der Waals surface area contributed by atoms with Gasteiger partial charge in [-0.2, -0.15) is 0 Å². The number of aromatic nitrogens is 3. The Kier molecular flexibility index (Phi) is 2.55. The average Bonchev–Trinajstić information content (AvgIpc) is 2.61. The molecular formula is C9H8ClN3O2. The summed E-state index contributed by atoms with van der Waals surface area (Å²) in [5.74, 6) is -0.525. The van der Waals surface area contributed by atoms with Crippen molar-refractivity contribution in [1.82, 2.24) is 15.0 Å². The molecule has 6 heteroatoms. The van der Waals surface area contributed by atoms with Gasteiger partial charge in [0.1, 0.15) is 5.52 Å². The molecule has 0 amide bonds. The molecule has 0 unspecified atom stereocenters. The lowest BCUT2D eigenvalue weighted by Crippen LogP contribution is -2.01. The summed E-state index contributed by atoms with van der Waals surface area (Å²) in [6, 6.07) is 4.71. The first kappa shape index (κ1) is 9.92. The van der Waals surface area contributed by atoms with E-state index in [0.29, 0.717) is 17.9 Å². The minimum absolute atomic E-state index is 0.209. The van der Waals surface area contributed by atoms with Gasteiger partial charge in [-0.3, -0.25) is 0 Å². The molecule has 1 heterocycles. The number of hydrogen-bond acceptors (Lipinski definition) is 3. The van der Waals surface area contributed by atoms with Crippen molar-refractivity contribution in [3.8, 4) is 0 Å². The van der Waals surface area contributed by atoms with Crippen LogP contribution in [0, 0.1) is 0 Å². The van der Waals surface area contributed by atoms with Gasteiger partial charge >= 0.3 is 5.97 Å². The molecule has 0 aliphatic carbocycles. The lowest BCUT2D eigenvalue weighted by Gasteiger charge is -1.98. The predicted molar refractivity (Wildman–Crippen MR) is 55.2 cm³/mol. The standard InChI is InChI=1S/C9H8ClN3O2/c10-3-4-13-8-2-1-6(9(14)15)5-7(8)11-12-13/h1-2,5H,3-4H2,(H,14,15). The fourth-order valence-electron chi connectivity index (χ4n) is 1.35.